The molecule has 1 aliphatic rings. The number of aromatic nitrogens is 3. The van der Waals surface area contributed by atoms with Gasteiger partial charge in [0, 0.05) is 11.4 Å². The first kappa shape index (κ1) is 21.1. The molecule has 1 N–H and O–H groups in total. The summed E-state index contributed by atoms with van der Waals surface area (Å²) >= 11 is 7.56. The van der Waals surface area contributed by atoms with Crippen LogP contribution in [0.3, 0.4) is 0 Å². The molecule has 1 aromatic carbocycles. The Balaban J connectivity index is 1.66. The van der Waals surface area contributed by atoms with Crippen LogP contribution in [0.4, 0.5) is 0 Å². The maximum Gasteiger partial charge on any atom is 0.309 e. The molecule has 0 bridgehead atoms. The number of carbonyl (C=O) groups is 1. The van der Waals surface area contributed by atoms with Gasteiger partial charge in [0.2, 0.25) is 10.8 Å². The van der Waals surface area contributed by atoms with E-state index in [-0.39, 0.29) is 23.8 Å². The fourth-order valence-corrected chi connectivity index (χ4v) is 5.21. The van der Waals surface area contributed by atoms with E-state index in [9.17, 15) is 9.90 Å². The maximum absolute atomic E-state index is 12.1. The van der Waals surface area contributed by atoms with Crippen LogP contribution in [-0.2, 0) is 16.0 Å². The number of thiazole rings is 1. The fraction of sp³-hybridized carbons (Fsp3) is 0.476. The number of carbonyl (C=O) groups excluding carboxylic acids is 1. The summed E-state index contributed by atoms with van der Waals surface area (Å²) in [6.07, 6.45) is 2.17. The van der Waals surface area contributed by atoms with Gasteiger partial charge in [0.05, 0.1) is 23.4 Å². The minimum Gasteiger partial charge on any atom is -0.492 e. The van der Waals surface area contributed by atoms with Gasteiger partial charge < -0.3 is 9.84 Å². The van der Waals surface area contributed by atoms with E-state index in [4.69, 9.17) is 16.3 Å². The quantitative estimate of drug-likeness (QED) is 0.572. The molecule has 9 heteroatoms. The van der Waals surface area contributed by atoms with E-state index < -0.39 is 0 Å². The minimum absolute atomic E-state index is 0.0740. The molecule has 3 heterocycles. The first-order valence-corrected chi connectivity index (χ1v) is 11.4. The van der Waals surface area contributed by atoms with Crippen molar-refractivity contribution in [3.63, 3.8) is 0 Å². The number of halogens is 1. The molecule has 1 fully saturated rings. The second kappa shape index (κ2) is 8.91. The third kappa shape index (κ3) is 4.04. The fourth-order valence-electron chi connectivity index (χ4n) is 3.95. The third-order valence-corrected chi connectivity index (χ3v) is 6.83. The zero-order valence-corrected chi connectivity index (χ0v) is 18.6. The van der Waals surface area contributed by atoms with E-state index in [1.807, 2.05) is 38.1 Å². The van der Waals surface area contributed by atoms with E-state index in [1.54, 1.807) is 0 Å². The first-order valence-electron chi connectivity index (χ1n) is 10.2. The van der Waals surface area contributed by atoms with Gasteiger partial charge in [-0.15, -0.1) is 5.10 Å². The van der Waals surface area contributed by atoms with E-state index in [2.05, 4.69) is 15.0 Å². The van der Waals surface area contributed by atoms with Crippen LogP contribution in [0.2, 0.25) is 5.02 Å². The van der Waals surface area contributed by atoms with E-state index in [0.29, 0.717) is 28.8 Å². The number of aromatic hydroxyl groups is 1. The summed E-state index contributed by atoms with van der Waals surface area (Å²) in [7, 11) is 0. The number of ether oxygens (including phenoxy) is 1. The van der Waals surface area contributed by atoms with Crippen molar-refractivity contribution in [3.05, 3.63) is 45.6 Å². The lowest BCUT2D eigenvalue weighted by Crippen LogP contribution is -2.39. The van der Waals surface area contributed by atoms with E-state index in [0.717, 1.165) is 36.4 Å². The van der Waals surface area contributed by atoms with Crippen molar-refractivity contribution in [2.75, 3.05) is 19.7 Å². The number of rotatable bonds is 6. The number of nitrogens with zero attached hydrogens (tertiary/aromatic N) is 4. The lowest BCUT2D eigenvalue weighted by Gasteiger charge is -2.36. The second-order valence-electron chi connectivity index (χ2n) is 7.38. The lowest BCUT2D eigenvalue weighted by molar-refractivity contribution is -0.149. The average molecular weight is 449 g/mol. The van der Waals surface area contributed by atoms with E-state index >= 15 is 0 Å². The summed E-state index contributed by atoms with van der Waals surface area (Å²) < 4.78 is 6.72. The Bertz CT molecular complexity index is 1020. The standard InChI is InChI=1S/C21H25ClN4O3S/c1-3-16-23-21-26(24-16)19(27)18(30-21)17(13-5-7-15(22)8-6-13)25-11-9-14(10-12-25)20(28)29-4-2/h5-8,14,17,27H,3-4,9-12H2,1-2H3/t17-/m1/s1. The Morgan fingerprint density at radius 2 is 2.00 bits per heavy atom. The van der Waals surface area contributed by atoms with Crippen molar-refractivity contribution in [3.8, 4) is 5.88 Å². The summed E-state index contributed by atoms with van der Waals surface area (Å²) in [6.45, 7) is 5.68. The van der Waals surface area contributed by atoms with Crippen LogP contribution in [0, 0.1) is 5.92 Å². The van der Waals surface area contributed by atoms with Gasteiger partial charge in [-0.3, -0.25) is 9.69 Å². The number of benzene rings is 1. The molecule has 3 aromatic rings. The molecule has 4 rings (SSSR count). The van der Waals surface area contributed by atoms with Crippen molar-refractivity contribution in [1.82, 2.24) is 19.5 Å². The van der Waals surface area contributed by atoms with Crippen LogP contribution >= 0.6 is 22.9 Å². The number of esters is 1. The molecule has 0 spiro atoms. The second-order valence-corrected chi connectivity index (χ2v) is 8.83. The number of hydrogen-bond donors (Lipinski definition) is 1. The summed E-state index contributed by atoms with van der Waals surface area (Å²) in [5.41, 5.74) is 1.03. The minimum atomic E-state index is -0.163. The highest BCUT2D eigenvalue weighted by atomic mass is 35.5. The molecule has 0 saturated carbocycles. The molecule has 1 atom stereocenters. The Morgan fingerprint density at radius 3 is 2.60 bits per heavy atom. The number of piperidine rings is 1. The van der Waals surface area contributed by atoms with Crippen LogP contribution in [0.15, 0.2) is 24.3 Å². The molecule has 0 aliphatic carbocycles. The summed E-state index contributed by atoms with van der Waals surface area (Å²) in [4.78, 5) is 20.4. The monoisotopic (exact) mass is 448 g/mol. The highest BCUT2D eigenvalue weighted by molar-refractivity contribution is 7.17. The largest absolute Gasteiger partial charge is 0.492 e. The Labute approximate surface area is 184 Å². The van der Waals surface area contributed by atoms with Gasteiger partial charge in [-0.25, -0.2) is 4.98 Å². The summed E-state index contributed by atoms with van der Waals surface area (Å²) in [6, 6.07) is 7.52. The maximum atomic E-state index is 12.1. The normalized spacial score (nSPS) is 16.8. The van der Waals surface area contributed by atoms with Crippen LogP contribution < -0.4 is 0 Å². The molecular weight excluding hydrogens is 424 g/mol. The number of aryl methyl sites for hydroxylation is 1. The molecule has 0 amide bonds. The number of likely N-dealkylation sites (tertiary alicyclic amines) is 1. The van der Waals surface area contributed by atoms with Crippen molar-refractivity contribution in [2.24, 2.45) is 5.92 Å². The predicted molar refractivity (Wildman–Crippen MR) is 116 cm³/mol. The summed E-state index contributed by atoms with van der Waals surface area (Å²) in [5, 5.41) is 16.0. The topological polar surface area (TPSA) is 80.0 Å². The molecule has 0 radical (unpaired) electrons. The van der Waals surface area contributed by atoms with Gasteiger partial charge in [0.15, 0.2) is 5.82 Å². The van der Waals surface area contributed by atoms with Crippen LogP contribution in [0.25, 0.3) is 4.96 Å². The van der Waals surface area contributed by atoms with Gasteiger partial charge >= 0.3 is 5.97 Å². The van der Waals surface area contributed by atoms with Crippen molar-refractivity contribution < 1.29 is 14.6 Å². The van der Waals surface area contributed by atoms with Crippen LogP contribution in [0.5, 0.6) is 5.88 Å². The van der Waals surface area contributed by atoms with Crippen molar-refractivity contribution >= 4 is 33.9 Å². The van der Waals surface area contributed by atoms with Gasteiger partial charge in [-0.2, -0.15) is 4.52 Å². The SMILES string of the molecule is CCOC(=O)C1CCN([C@H](c2ccc(Cl)cc2)c2sc3nc(CC)nn3c2O)CC1. The van der Waals surface area contributed by atoms with Gasteiger partial charge in [-0.1, -0.05) is 42.0 Å². The number of fused-ring (bicyclic) bond motifs is 1. The molecule has 30 heavy (non-hydrogen) atoms. The molecule has 160 valence electrons. The summed E-state index contributed by atoms with van der Waals surface area (Å²) in [5.74, 6) is 0.639. The zero-order valence-electron chi connectivity index (χ0n) is 17.0. The highest BCUT2D eigenvalue weighted by Gasteiger charge is 2.34. The smallest absolute Gasteiger partial charge is 0.309 e. The predicted octanol–water partition coefficient (Wildman–Crippen LogP) is 4.08. The highest BCUT2D eigenvalue weighted by Crippen LogP contribution is 2.41. The Morgan fingerprint density at radius 1 is 1.30 bits per heavy atom. The molecule has 0 unspecified atom stereocenters. The zero-order chi connectivity index (χ0) is 21.3. The molecule has 1 aliphatic heterocycles. The van der Waals surface area contributed by atoms with Crippen LogP contribution in [-0.4, -0.2) is 50.3 Å². The lowest BCUT2D eigenvalue weighted by atomic mass is 9.93. The molecular formula is C21H25ClN4O3S. The molecule has 7 nitrogen and oxygen atoms in total. The van der Waals surface area contributed by atoms with Gasteiger partial charge in [0.25, 0.3) is 0 Å². The van der Waals surface area contributed by atoms with Crippen LogP contribution in [0.1, 0.15) is 49.0 Å². The van der Waals surface area contributed by atoms with Crippen molar-refractivity contribution in [1.29, 1.82) is 0 Å². The average Bonchev–Trinajstić information content (AvgIpc) is 3.29. The Kier molecular flexibility index (Phi) is 6.26. The van der Waals surface area contributed by atoms with Gasteiger partial charge in [0.1, 0.15) is 0 Å². The Hall–Kier alpha value is -2.16. The third-order valence-electron chi connectivity index (χ3n) is 5.51. The van der Waals surface area contributed by atoms with Crippen molar-refractivity contribution in [2.45, 2.75) is 39.2 Å². The van der Waals surface area contributed by atoms with Gasteiger partial charge in [-0.05, 0) is 50.6 Å². The molecule has 1 saturated heterocycles. The molecule has 2 aromatic heterocycles. The first-order chi connectivity index (χ1) is 14.5. The van der Waals surface area contributed by atoms with E-state index in [1.165, 1.54) is 15.9 Å². The number of hydrogen-bond acceptors (Lipinski definition) is 7.